The van der Waals surface area contributed by atoms with Crippen molar-refractivity contribution in [2.24, 2.45) is 0 Å². The molecule has 1 atom stereocenters. The molecule has 0 saturated carbocycles. The van der Waals surface area contributed by atoms with Crippen LogP contribution in [0.3, 0.4) is 0 Å². The number of carbonyl (C=O) groups is 2. The maximum absolute atomic E-state index is 12.6. The molecule has 29 heavy (non-hydrogen) atoms. The molecule has 1 fully saturated rings. The Morgan fingerprint density at radius 2 is 2.07 bits per heavy atom. The Morgan fingerprint density at radius 1 is 1.24 bits per heavy atom. The molecule has 3 aromatic rings. The van der Waals surface area contributed by atoms with Crippen molar-refractivity contribution in [3.8, 4) is 0 Å². The number of piperazine rings is 1. The fraction of sp³-hybridized carbons (Fsp3) is 0.227. The van der Waals surface area contributed by atoms with Crippen molar-refractivity contribution >= 4 is 28.8 Å². The van der Waals surface area contributed by atoms with Crippen LogP contribution in [0.1, 0.15) is 25.1 Å². The molecule has 0 radical (unpaired) electrons. The molecule has 7 heteroatoms. The lowest BCUT2D eigenvalue weighted by Gasteiger charge is -2.24. The Bertz CT molecular complexity index is 1120. The SMILES string of the molecule is CC(C)=CCn1cc(CC2NC(=O)C(=Cc3cnc[nH]3)NC2=O)c2ccccc21. The molecule has 1 aromatic carbocycles. The maximum Gasteiger partial charge on any atom is 0.268 e. The van der Waals surface area contributed by atoms with Crippen molar-refractivity contribution < 1.29 is 9.59 Å². The summed E-state index contributed by atoms with van der Waals surface area (Å²) in [5, 5.41) is 6.64. The first-order valence-electron chi connectivity index (χ1n) is 9.53. The van der Waals surface area contributed by atoms with Crippen LogP contribution in [0.2, 0.25) is 0 Å². The summed E-state index contributed by atoms with van der Waals surface area (Å²) in [6.45, 7) is 4.91. The van der Waals surface area contributed by atoms with E-state index in [1.54, 1.807) is 12.3 Å². The number of allylic oxidation sites excluding steroid dienone is 2. The molecule has 1 aliphatic rings. The Morgan fingerprint density at radius 3 is 2.83 bits per heavy atom. The van der Waals surface area contributed by atoms with Gasteiger partial charge in [0.2, 0.25) is 5.91 Å². The lowest BCUT2D eigenvalue weighted by molar-refractivity contribution is -0.131. The van der Waals surface area contributed by atoms with Gasteiger partial charge in [-0.15, -0.1) is 0 Å². The summed E-state index contributed by atoms with van der Waals surface area (Å²) in [4.78, 5) is 31.9. The van der Waals surface area contributed by atoms with Gasteiger partial charge in [-0.2, -0.15) is 0 Å². The van der Waals surface area contributed by atoms with E-state index < -0.39 is 6.04 Å². The molecule has 0 aliphatic carbocycles. The van der Waals surface area contributed by atoms with Crippen LogP contribution in [-0.4, -0.2) is 32.4 Å². The first kappa shape index (κ1) is 18.7. The smallest absolute Gasteiger partial charge is 0.268 e. The predicted molar refractivity (Wildman–Crippen MR) is 112 cm³/mol. The van der Waals surface area contributed by atoms with Gasteiger partial charge in [0.25, 0.3) is 5.91 Å². The number of rotatable bonds is 5. The molecule has 0 spiro atoms. The molecule has 4 rings (SSSR count). The minimum atomic E-state index is -0.621. The summed E-state index contributed by atoms with van der Waals surface area (Å²) in [6.07, 6.45) is 9.33. The van der Waals surface area contributed by atoms with E-state index >= 15 is 0 Å². The lowest BCUT2D eigenvalue weighted by Crippen LogP contribution is -2.55. The van der Waals surface area contributed by atoms with Crippen LogP contribution in [0.4, 0.5) is 0 Å². The quantitative estimate of drug-likeness (QED) is 0.463. The molecule has 2 aromatic heterocycles. The number of amides is 2. The summed E-state index contributed by atoms with van der Waals surface area (Å²) in [5.74, 6) is -0.533. The van der Waals surface area contributed by atoms with Crippen molar-refractivity contribution in [3.63, 3.8) is 0 Å². The van der Waals surface area contributed by atoms with Gasteiger partial charge in [-0.05, 0) is 31.6 Å². The predicted octanol–water partition coefficient (Wildman–Crippen LogP) is 2.53. The first-order chi connectivity index (χ1) is 14.0. The van der Waals surface area contributed by atoms with Crippen molar-refractivity contribution in [3.05, 3.63) is 71.6 Å². The minimum absolute atomic E-state index is 0.210. The number of nitrogens with zero attached hydrogens (tertiary/aromatic N) is 2. The van der Waals surface area contributed by atoms with Crippen LogP contribution in [0.15, 0.2) is 60.3 Å². The number of aromatic amines is 1. The molecule has 0 bridgehead atoms. The second-order valence-corrected chi connectivity index (χ2v) is 7.39. The number of para-hydroxylation sites is 1. The highest BCUT2D eigenvalue weighted by Crippen LogP contribution is 2.23. The van der Waals surface area contributed by atoms with E-state index in [9.17, 15) is 9.59 Å². The van der Waals surface area contributed by atoms with Gasteiger partial charge in [0.1, 0.15) is 11.7 Å². The molecule has 2 amide bonds. The number of hydrogen-bond donors (Lipinski definition) is 3. The summed E-state index contributed by atoms with van der Waals surface area (Å²) in [7, 11) is 0. The monoisotopic (exact) mass is 389 g/mol. The highest BCUT2D eigenvalue weighted by molar-refractivity contribution is 6.07. The van der Waals surface area contributed by atoms with Crippen LogP contribution >= 0.6 is 0 Å². The summed E-state index contributed by atoms with van der Waals surface area (Å²) in [6, 6.07) is 7.50. The Kier molecular flexibility index (Phi) is 5.03. The molecular formula is C22H23N5O2. The van der Waals surface area contributed by atoms with Crippen LogP contribution in [0.25, 0.3) is 17.0 Å². The van der Waals surface area contributed by atoms with E-state index in [1.165, 1.54) is 11.9 Å². The fourth-order valence-electron chi connectivity index (χ4n) is 3.46. The molecule has 1 aliphatic heterocycles. The highest BCUT2D eigenvalue weighted by Gasteiger charge is 2.30. The van der Waals surface area contributed by atoms with Crippen LogP contribution < -0.4 is 10.6 Å². The van der Waals surface area contributed by atoms with E-state index in [0.717, 1.165) is 23.0 Å². The van der Waals surface area contributed by atoms with Gasteiger partial charge in [-0.1, -0.05) is 29.8 Å². The lowest BCUT2D eigenvalue weighted by atomic mass is 10.0. The minimum Gasteiger partial charge on any atom is -0.345 e. The largest absolute Gasteiger partial charge is 0.345 e. The van der Waals surface area contributed by atoms with Crippen molar-refractivity contribution in [2.75, 3.05) is 0 Å². The van der Waals surface area contributed by atoms with Crippen LogP contribution in [0.5, 0.6) is 0 Å². The zero-order valence-corrected chi connectivity index (χ0v) is 16.4. The molecule has 3 heterocycles. The van der Waals surface area contributed by atoms with E-state index in [4.69, 9.17) is 0 Å². The van der Waals surface area contributed by atoms with E-state index in [1.807, 2.05) is 12.1 Å². The van der Waals surface area contributed by atoms with Crippen molar-refractivity contribution in [1.82, 2.24) is 25.2 Å². The van der Waals surface area contributed by atoms with Crippen LogP contribution in [-0.2, 0) is 22.6 Å². The summed E-state index contributed by atoms with van der Waals surface area (Å²) < 4.78 is 2.17. The van der Waals surface area contributed by atoms with Crippen molar-refractivity contribution in [1.29, 1.82) is 0 Å². The van der Waals surface area contributed by atoms with Crippen LogP contribution in [0, 0.1) is 0 Å². The number of carbonyl (C=O) groups excluding carboxylic acids is 2. The Labute approximate surface area is 168 Å². The zero-order valence-electron chi connectivity index (χ0n) is 16.4. The number of H-pyrrole nitrogens is 1. The molecule has 148 valence electrons. The standard InChI is InChI=1S/C22H23N5O2/c1-14(2)7-8-27-12-15(17-5-3-4-6-20(17)27)9-18-21(28)26-19(22(29)25-18)10-16-11-23-13-24-16/h3-7,10-13,18H,8-9H2,1-2H3,(H,23,24)(H,25,29)(H,26,28). The third-order valence-electron chi connectivity index (χ3n) is 4.93. The number of hydrogen-bond acceptors (Lipinski definition) is 3. The maximum atomic E-state index is 12.6. The van der Waals surface area contributed by atoms with E-state index in [0.29, 0.717) is 12.1 Å². The topological polar surface area (TPSA) is 91.8 Å². The van der Waals surface area contributed by atoms with Gasteiger partial charge in [-0.3, -0.25) is 9.59 Å². The zero-order chi connectivity index (χ0) is 20.4. The van der Waals surface area contributed by atoms with E-state index in [-0.39, 0.29) is 17.5 Å². The fourth-order valence-corrected chi connectivity index (χ4v) is 3.46. The Hall–Kier alpha value is -3.61. The normalized spacial score (nSPS) is 18.0. The van der Waals surface area contributed by atoms with Gasteiger partial charge in [0.05, 0.1) is 18.2 Å². The van der Waals surface area contributed by atoms with E-state index in [2.05, 4.69) is 63.4 Å². The average molecular weight is 389 g/mol. The third-order valence-corrected chi connectivity index (χ3v) is 4.93. The number of nitrogens with one attached hydrogen (secondary N) is 3. The number of fused-ring (bicyclic) bond motifs is 1. The van der Waals surface area contributed by atoms with Crippen molar-refractivity contribution in [2.45, 2.75) is 32.9 Å². The third kappa shape index (κ3) is 3.99. The average Bonchev–Trinajstić information content (AvgIpc) is 3.32. The number of aromatic nitrogens is 3. The molecule has 1 unspecified atom stereocenters. The summed E-state index contributed by atoms with van der Waals surface area (Å²) >= 11 is 0. The first-order valence-corrected chi connectivity index (χ1v) is 9.53. The molecule has 1 saturated heterocycles. The molecule has 7 nitrogen and oxygen atoms in total. The van der Waals surface area contributed by atoms with Gasteiger partial charge in [0, 0.05) is 30.1 Å². The summed E-state index contributed by atoms with van der Waals surface area (Å²) in [5.41, 5.74) is 4.25. The molecular weight excluding hydrogens is 366 g/mol. The van der Waals surface area contributed by atoms with Gasteiger partial charge in [0.15, 0.2) is 0 Å². The second kappa shape index (κ2) is 7.79. The number of benzene rings is 1. The highest BCUT2D eigenvalue weighted by atomic mass is 16.2. The van der Waals surface area contributed by atoms with Gasteiger partial charge >= 0.3 is 0 Å². The second-order valence-electron chi connectivity index (χ2n) is 7.39. The van der Waals surface area contributed by atoms with Gasteiger partial charge < -0.3 is 20.2 Å². The Balaban J connectivity index is 1.57. The molecule has 3 N–H and O–H groups in total. The number of imidazole rings is 1. The van der Waals surface area contributed by atoms with Gasteiger partial charge in [-0.25, -0.2) is 4.98 Å².